The predicted octanol–water partition coefficient (Wildman–Crippen LogP) is 3.34. The average molecular weight is 270 g/mol. The summed E-state index contributed by atoms with van der Waals surface area (Å²) in [5.74, 6) is 0.675. The molecule has 0 N–H and O–H groups in total. The Bertz CT molecular complexity index is 309. The quantitative estimate of drug-likeness (QED) is 0.604. The Kier molecular flexibility index (Phi) is 4.13. The second-order valence-electron chi connectivity index (χ2n) is 3.16. The summed E-state index contributed by atoms with van der Waals surface area (Å²) in [6.07, 6.45) is 0.0810. The summed E-state index contributed by atoms with van der Waals surface area (Å²) >= 11 is 17.8. The van der Waals surface area contributed by atoms with Gasteiger partial charge in [0, 0.05) is 5.19 Å². The number of hydrogen-bond acceptors (Lipinski definition) is 1. The average Bonchev–Trinajstić information content (AvgIpc) is 2.01. The molecule has 0 aliphatic heterocycles. The molecule has 0 aliphatic carbocycles. The molecule has 0 heterocycles. The van der Waals surface area contributed by atoms with Crippen molar-refractivity contribution in [2.24, 2.45) is 0 Å². The topological polar surface area (TPSA) is 9.23 Å². The number of hydrogen-bond donors (Lipinski definition) is 0. The van der Waals surface area contributed by atoms with Crippen LogP contribution in [0.25, 0.3) is 0 Å². The van der Waals surface area contributed by atoms with E-state index in [9.17, 15) is 0 Å². The maximum atomic E-state index is 5.94. The SMILES string of the molecule is CC(C)Oc1ccccc1[Si](Cl)(Cl)Cl. The van der Waals surface area contributed by atoms with Crippen LogP contribution < -0.4 is 9.92 Å². The molecule has 0 aromatic heterocycles. The van der Waals surface area contributed by atoms with Gasteiger partial charge in [-0.15, -0.1) is 33.2 Å². The van der Waals surface area contributed by atoms with Crippen molar-refractivity contribution in [1.82, 2.24) is 0 Å². The summed E-state index contributed by atoms with van der Waals surface area (Å²) in [7, 11) is 0. The third-order valence-corrected chi connectivity index (χ3v) is 4.41. The van der Waals surface area contributed by atoms with E-state index in [0.717, 1.165) is 0 Å². The van der Waals surface area contributed by atoms with Crippen LogP contribution in [-0.4, -0.2) is 12.1 Å². The highest BCUT2D eigenvalue weighted by molar-refractivity contribution is 7.69. The third kappa shape index (κ3) is 3.35. The van der Waals surface area contributed by atoms with Crippen LogP contribution in [-0.2, 0) is 0 Å². The second kappa shape index (κ2) is 4.75. The molecule has 0 aliphatic rings. The largest absolute Gasteiger partial charge is 0.491 e. The molecule has 1 nitrogen and oxygen atoms in total. The Morgan fingerprint density at radius 1 is 1.14 bits per heavy atom. The van der Waals surface area contributed by atoms with Crippen LogP contribution in [0, 0.1) is 0 Å². The monoisotopic (exact) mass is 268 g/mol. The summed E-state index contributed by atoms with van der Waals surface area (Å²) < 4.78 is 5.55. The van der Waals surface area contributed by atoms with Gasteiger partial charge in [0.05, 0.1) is 6.10 Å². The number of ether oxygens (including phenoxy) is 1. The smallest absolute Gasteiger partial charge is 0.376 e. The lowest BCUT2D eigenvalue weighted by Crippen LogP contribution is -2.32. The first kappa shape index (κ1) is 12.2. The molecule has 0 unspecified atom stereocenters. The lowest BCUT2D eigenvalue weighted by molar-refractivity contribution is 0.244. The van der Waals surface area contributed by atoms with Gasteiger partial charge >= 0.3 is 6.00 Å². The first-order chi connectivity index (χ1) is 6.41. The van der Waals surface area contributed by atoms with Gasteiger partial charge in [-0.25, -0.2) is 0 Å². The van der Waals surface area contributed by atoms with Crippen molar-refractivity contribution in [3.8, 4) is 5.75 Å². The molecule has 78 valence electrons. The van der Waals surface area contributed by atoms with Crippen LogP contribution in [0.4, 0.5) is 0 Å². The molecule has 0 amide bonds. The zero-order valence-electron chi connectivity index (χ0n) is 7.93. The fourth-order valence-corrected chi connectivity index (χ4v) is 3.17. The normalized spacial score (nSPS) is 11.9. The summed E-state index contributed by atoms with van der Waals surface area (Å²) in [6, 6.07) is 4.48. The highest BCUT2D eigenvalue weighted by Gasteiger charge is 2.31. The molecule has 0 saturated heterocycles. The van der Waals surface area contributed by atoms with Crippen molar-refractivity contribution in [1.29, 1.82) is 0 Å². The van der Waals surface area contributed by atoms with Gasteiger partial charge < -0.3 is 4.74 Å². The van der Waals surface area contributed by atoms with E-state index in [1.165, 1.54) is 0 Å². The molecule has 1 rings (SSSR count). The van der Waals surface area contributed by atoms with Crippen LogP contribution in [0.15, 0.2) is 24.3 Å². The lowest BCUT2D eigenvalue weighted by atomic mass is 10.3. The van der Waals surface area contributed by atoms with Crippen molar-refractivity contribution >= 4 is 44.4 Å². The van der Waals surface area contributed by atoms with Crippen molar-refractivity contribution in [2.45, 2.75) is 20.0 Å². The van der Waals surface area contributed by atoms with E-state index in [1.807, 2.05) is 32.0 Å². The van der Waals surface area contributed by atoms with Gasteiger partial charge in [0.2, 0.25) is 0 Å². The number of para-hydroxylation sites is 1. The van der Waals surface area contributed by atoms with Crippen molar-refractivity contribution in [3.05, 3.63) is 24.3 Å². The van der Waals surface area contributed by atoms with Gasteiger partial charge in [0.1, 0.15) is 5.75 Å². The first-order valence-corrected chi connectivity index (χ1v) is 9.27. The Balaban J connectivity index is 3.04. The standard InChI is InChI=1S/C9H11Cl3OSi/c1-7(2)13-8-5-3-4-6-9(8)14(10,11)12/h3-7H,1-2H3. The van der Waals surface area contributed by atoms with E-state index in [1.54, 1.807) is 6.07 Å². The Morgan fingerprint density at radius 2 is 1.71 bits per heavy atom. The lowest BCUT2D eigenvalue weighted by Gasteiger charge is -2.16. The van der Waals surface area contributed by atoms with Gasteiger partial charge in [0.15, 0.2) is 0 Å². The van der Waals surface area contributed by atoms with Crippen LogP contribution in [0.1, 0.15) is 13.8 Å². The molecule has 0 bridgehead atoms. The van der Waals surface area contributed by atoms with E-state index in [2.05, 4.69) is 0 Å². The zero-order chi connectivity index (χ0) is 10.8. The molecular weight excluding hydrogens is 259 g/mol. The molecule has 0 saturated carbocycles. The van der Waals surface area contributed by atoms with Gasteiger partial charge in [-0.05, 0) is 19.9 Å². The minimum absolute atomic E-state index is 0.0810. The molecule has 5 heteroatoms. The van der Waals surface area contributed by atoms with E-state index < -0.39 is 6.00 Å². The Labute approximate surface area is 99.0 Å². The molecule has 0 spiro atoms. The fourth-order valence-electron chi connectivity index (χ4n) is 1.06. The maximum absolute atomic E-state index is 5.94. The Morgan fingerprint density at radius 3 is 2.21 bits per heavy atom. The van der Waals surface area contributed by atoms with Crippen molar-refractivity contribution in [2.75, 3.05) is 0 Å². The molecule has 1 aromatic carbocycles. The predicted molar refractivity (Wildman–Crippen MR) is 65.2 cm³/mol. The molecular formula is C9H11Cl3OSi. The van der Waals surface area contributed by atoms with E-state index in [-0.39, 0.29) is 6.10 Å². The van der Waals surface area contributed by atoms with Crippen LogP contribution in [0.2, 0.25) is 0 Å². The zero-order valence-corrected chi connectivity index (χ0v) is 11.2. The van der Waals surface area contributed by atoms with Crippen LogP contribution >= 0.6 is 33.2 Å². The summed E-state index contributed by atoms with van der Waals surface area (Å²) in [6.45, 7) is 3.88. The summed E-state index contributed by atoms with van der Waals surface area (Å²) in [5.41, 5.74) is 0. The minimum Gasteiger partial charge on any atom is -0.491 e. The number of halogens is 3. The number of rotatable bonds is 3. The molecule has 0 fully saturated rings. The molecule has 0 radical (unpaired) electrons. The van der Waals surface area contributed by atoms with Crippen molar-refractivity contribution in [3.63, 3.8) is 0 Å². The molecule has 0 atom stereocenters. The second-order valence-corrected chi connectivity index (χ2v) is 11.5. The first-order valence-electron chi connectivity index (χ1n) is 4.24. The molecule has 1 aromatic rings. The van der Waals surface area contributed by atoms with Gasteiger partial charge in [0.25, 0.3) is 0 Å². The number of benzene rings is 1. The highest BCUT2D eigenvalue weighted by Crippen LogP contribution is 2.24. The highest BCUT2D eigenvalue weighted by atomic mass is 35.8. The van der Waals surface area contributed by atoms with Gasteiger partial charge in [-0.3, -0.25) is 0 Å². The van der Waals surface area contributed by atoms with E-state index in [4.69, 9.17) is 38.0 Å². The summed E-state index contributed by atoms with van der Waals surface area (Å²) in [4.78, 5) is 0. The van der Waals surface area contributed by atoms with Crippen LogP contribution in [0.5, 0.6) is 5.75 Å². The Hall–Kier alpha value is 0.107. The minimum atomic E-state index is -2.85. The van der Waals surface area contributed by atoms with Crippen molar-refractivity contribution < 1.29 is 4.74 Å². The van der Waals surface area contributed by atoms with Crippen LogP contribution in [0.3, 0.4) is 0 Å². The van der Waals surface area contributed by atoms with Gasteiger partial charge in [-0.1, -0.05) is 18.2 Å². The molecule has 14 heavy (non-hydrogen) atoms. The fraction of sp³-hybridized carbons (Fsp3) is 0.333. The van der Waals surface area contributed by atoms with E-state index in [0.29, 0.717) is 10.9 Å². The maximum Gasteiger partial charge on any atom is 0.376 e. The summed E-state index contributed by atoms with van der Waals surface area (Å²) in [5, 5.41) is 0.707. The van der Waals surface area contributed by atoms with Gasteiger partial charge in [-0.2, -0.15) is 0 Å². The third-order valence-electron chi connectivity index (χ3n) is 1.56. The van der Waals surface area contributed by atoms with E-state index >= 15 is 0 Å².